The molecule has 2 nitrogen and oxygen atoms in total. The maximum atomic E-state index is 6.14. The van der Waals surface area contributed by atoms with E-state index in [1.165, 1.54) is 25.7 Å². The zero-order chi connectivity index (χ0) is 13.1. The number of rotatable bonds is 11. The minimum atomic E-state index is 0.385. The van der Waals surface area contributed by atoms with Gasteiger partial charge in [-0.2, -0.15) is 0 Å². The van der Waals surface area contributed by atoms with Gasteiger partial charge in [0.25, 0.3) is 0 Å². The topological polar surface area (TPSA) is 21.3 Å². The molecule has 0 spiro atoms. The van der Waals surface area contributed by atoms with Gasteiger partial charge in [-0.15, -0.1) is 0 Å². The predicted octanol–water partition coefficient (Wildman–Crippen LogP) is 4.00. The van der Waals surface area contributed by atoms with E-state index < -0.39 is 0 Å². The predicted molar refractivity (Wildman–Crippen MR) is 76.5 cm³/mol. The summed E-state index contributed by atoms with van der Waals surface area (Å²) >= 11 is 0. The van der Waals surface area contributed by atoms with Crippen LogP contribution in [-0.4, -0.2) is 25.3 Å². The highest BCUT2D eigenvalue weighted by molar-refractivity contribution is 4.76. The van der Waals surface area contributed by atoms with Crippen molar-refractivity contribution in [3.63, 3.8) is 0 Å². The third-order valence-electron chi connectivity index (χ3n) is 3.62. The molecular weight excluding hydrogens is 210 g/mol. The molecule has 0 aliphatic carbocycles. The Labute approximate surface area is 109 Å². The maximum Gasteiger partial charge on any atom is 0.0725 e. The molecule has 0 saturated carbocycles. The van der Waals surface area contributed by atoms with Crippen molar-refractivity contribution in [1.29, 1.82) is 0 Å². The maximum absolute atomic E-state index is 6.14. The first-order chi connectivity index (χ1) is 8.23. The highest BCUT2D eigenvalue weighted by atomic mass is 16.5. The van der Waals surface area contributed by atoms with Crippen molar-refractivity contribution in [1.82, 2.24) is 5.32 Å². The van der Waals surface area contributed by atoms with Crippen molar-refractivity contribution in [3.8, 4) is 0 Å². The van der Waals surface area contributed by atoms with Crippen LogP contribution in [0.1, 0.15) is 66.7 Å². The van der Waals surface area contributed by atoms with Gasteiger partial charge in [-0.3, -0.25) is 0 Å². The monoisotopic (exact) mass is 243 g/mol. The zero-order valence-electron chi connectivity index (χ0n) is 12.6. The van der Waals surface area contributed by atoms with E-state index in [9.17, 15) is 0 Å². The molecule has 0 amide bonds. The van der Waals surface area contributed by atoms with E-state index in [0.29, 0.717) is 12.1 Å². The van der Waals surface area contributed by atoms with E-state index >= 15 is 0 Å². The number of ether oxygens (including phenoxy) is 1. The van der Waals surface area contributed by atoms with Crippen LogP contribution in [0.2, 0.25) is 0 Å². The first-order valence-corrected chi connectivity index (χ1v) is 7.58. The Kier molecular flexibility index (Phi) is 11.0. The largest absolute Gasteiger partial charge is 0.376 e. The molecule has 0 aliphatic heterocycles. The van der Waals surface area contributed by atoms with E-state index in [1.807, 2.05) is 0 Å². The van der Waals surface area contributed by atoms with Crippen LogP contribution >= 0.6 is 0 Å². The zero-order valence-corrected chi connectivity index (χ0v) is 12.6. The van der Waals surface area contributed by atoms with Crippen molar-refractivity contribution in [2.75, 3.05) is 13.2 Å². The van der Waals surface area contributed by atoms with E-state index in [1.54, 1.807) is 0 Å². The Morgan fingerprint density at radius 2 is 1.59 bits per heavy atom. The lowest BCUT2D eigenvalue weighted by atomic mass is 10.0. The molecule has 0 saturated heterocycles. The Bertz CT molecular complexity index is 151. The molecule has 0 rings (SSSR count). The van der Waals surface area contributed by atoms with Gasteiger partial charge < -0.3 is 10.1 Å². The smallest absolute Gasteiger partial charge is 0.0725 e. The van der Waals surface area contributed by atoms with Crippen LogP contribution in [-0.2, 0) is 4.74 Å². The summed E-state index contributed by atoms with van der Waals surface area (Å²) in [5.41, 5.74) is 0. The summed E-state index contributed by atoms with van der Waals surface area (Å²) in [5, 5.41) is 3.57. The van der Waals surface area contributed by atoms with Gasteiger partial charge in [0, 0.05) is 12.6 Å². The fourth-order valence-corrected chi connectivity index (χ4v) is 2.30. The molecule has 2 unspecified atom stereocenters. The first-order valence-electron chi connectivity index (χ1n) is 7.58. The summed E-state index contributed by atoms with van der Waals surface area (Å²) in [6, 6.07) is 0.532. The van der Waals surface area contributed by atoms with Gasteiger partial charge in [-0.25, -0.2) is 0 Å². The third-order valence-corrected chi connectivity index (χ3v) is 3.62. The summed E-state index contributed by atoms with van der Waals surface area (Å²) in [7, 11) is 0. The molecule has 0 aromatic carbocycles. The molecule has 0 heterocycles. The van der Waals surface area contributed by atoms with E-state index in [0.717, 1.165) is 25.5 Å². The lowest BCUT2D eigenvalue weighted by molar-refractivity contribution is 0.000799. The molecular formula is C15H33NO. The van der Waals surface area contributed by atoms with Crippen molar-refractivity contribution in [2.24, 2.45) is 5.92 Å². The Morgan fingerprint density at radius 3 is 2.00 bits per heavy atom. The molecule has 104 valence electrons. The van der Waals surface area contributed by atoms with Crippen LogP contribution in [0, 0.1) is 5.92 Å². The fraction of sp³-hybridized carbons (Fsp3) is 1.00. The second-order valence-electron chi connectivity index (χ2n) is 4.92. The average molecular weight is 243 g/mol. The second-order valence-corrected chi connectivity index (χ2v) is 4.92. The fourth-order valence-electron chi connectivity index (χ4n) is 2.30. The van der Waals surface area contributed by atoms with Gasteiger partial charge in [0.2, 0.25) is 0 Å². The highest BCUT2D eigenvalue weighted by Crippen LogP contribution is 2.14. The van der Waals surface area contributed by atoms with Crippen LogP contribution in [0.5, 0.6) is 0 Å². The summed E-state index contributed by atoms with van der Waals surface area (Å²) in [6.07, 6.45) is 6.39. The van der Waals surface area contributed by atoms with E-state index in [2.05, 4.69) is 39.9 Å². The Hall–Kier alpha value is -0.0800. The van der Waals surface area contributed by atoms with Crippen molar-refractivity contribution in [3.05, 3.63) is 0 Å². The summed E-state index contributed by atoms with van der Waals surface area (Å²) in [4.78, 5) is 0. The summed E-state index contributed by atoms with van der Waals surface area (Å²) in [5.74, 6) is 0.730. The van der Waals surface area contributed by atoms with Crippen molar-refractivity contribution < 1.29 is 4.74 Å². The second kappa shape index (κ2) is 11.0. The van der Waals surface area contributed by atoms with Gasteiger partial charge in [0.15, 0.2) is 0 Å². The van der Waals surface area contributed by atoms with E-state index in [-0.39, 0.29) is 0 Å². The molecule has 0 radical (unpaired) electrons. The molecule has 1 N–H and O–H groups in total. The third kappa shape index (κ3) is 7.05. The lowest BCUT2D eigenvalue weighted by Gasteiger charge is -2.28. The summed E-state index contributed by atoms with van der Waals surface area (Å²) < 4.78 is 6.14. The van der Waals surface area contributed by atoms with Gasteiger partial charge >= 0.3 is 0 Å². The molecule has 0 bridgehead atoms. The van der Waals surface area contributed by atoms with Crippen molar-refractivity contribution >= 4 is 0 Å². The normalized spacial score (nSPS) is 15.2. The minimum absolute atomic E-state index is 0.385. The van der Waals surface area contributed by atoms with Gasteiger partial charge in [-0.1, -0.05) is 53.9 Å². The first kappa shape index (κ1) is 16.9. The van der Waals surface area contributed by atoms with Crippen LogP contribution in [0.25, 0.3) is 0 Å². The van der Waals surface area contributed by atoms with Crippen molar-refractivity contribution in [2.45, 2.75) is 78.9 Å². The number of hydrogen-bond donors (Lipinski definition) is 1. The molecule has 0 fully saturated rings. The molecule has 0 aromatic heterocycles. The van der Waals surface area contributed by atoms with Crippen LogP contribution in [0.15, 0.2) is 0 Å². The SMILES string of the molecule is CCCC(NCC)C(CC)OCC(CC)CC. The van der Waals surface area contributed by atoms with E-state index in [4.69, 9.17) is 4.74 Å². The molecule has 0 aliphatic rings. The average Bonchev–Trinajstić information content (AvgIpc) is 2.35. The molecule has 0 aromatic rings. The van der Waals surface area contributed by atoms with Crippen LogP contribution < -0.4 is 5.32 Å². The quantitative estimate of drug-likeness (QED) is 0.592. The molecule has 2 heteroatoms. The Morgan fingerprint density at radius 1 is 0.941 bits per heavy atom. The number of nitrogens with one attached hydrogen (secondary N) is 1. The molecule has 2 atom stereocenters. The standard InChI is InChI=1S/C15H33NO/c1-6-11-14(16-10-5)15(9-4)17-12-13(7-2)8-3/h13-16H,6-12H2,1-5H3. The molecule has 17 heavy (non-hydrogen) atoms. The minimum Gasteiger partial charge on any atom is -0.376 e. The number of likely N-dealkylation sites (N-methyl/N-ethyl adjacent to an activating group) is 1. The van der Waals surface area contributed by atoms with Gasteiger partial charge in [-0.05, 0) is 25.3 Å². The number of hydrogen-bond acceptors (Lipinski definition) is 2. The highest BCUT2D eigenvalue weighted by Gasteiger charge is 2.19. The summed E-state index contributed by atoms with van der Waals surface area (Å²) in [6.45, 7) is 13.1. The lowest BCUT2D eigenvalue weighted by Crippen LogP contribution is -2.41. The Balaban J connectivity index is 4.16. The van der Waals surface area contributed by atoms with Crippen LogP contribution in [0.4, 0.5) is 0 Å². The van der Waals surface area contributed by atoms with Gasteiger partial charge in [0.05, 0.1) is 6.10 Å². The van der Waals surface area contributed by atoms with Crippen LogP contribution in [0.3, 0.4) is 0 Å². The van der Waals surface area contributed by atoms with Gasteiger partial charge in [0.1, 0.15) is 0 Å².